The summed E-state index contributed by atoms with van der Waals surface area (Å²) in [5.74, 6) is -0.127. The summed E-state index contributed by atoms with van der Waals surface area (Å²) in [4.78, 5) is 11.9. The van der Waals surface area contributed by atoms with Crippen molar-refractivity contribution in [2.75, 3.05) is 19.0 Å². The van der Waals surface area contributed by atoms with Gasteiger partial charge in [-0.3, -0.25) is 4.79 Å². The van der Waals surface area contributed by atoms with Crippen molar-refractivity contribution in [3.05, 3.63) is 53.6 Å². The highest BCUT2D eigenvalue weighted by Crippen LogP contribution is 2.31. The van der Waals surface area contributed by atoms with Crippen molar-refractivity contribution >= 4 is 11.6 Å². The summed E-state index contributed by atoms with van der Waals surface area (Å²) in [5.41, 5.74) is -0.493. The van der Waals surface area contributed by atoms with E-state index in [9.17, 15) is 18.0 Å². The first kappa shape index (κ1) is 18.1. The van der Waals surface area contributed by atoms with Gasteiger partial charge >= 0.3 is 6.18 Å². The molecular weight excluding hydrogens is 337 g/mol. The predicted octanol–water partition coefficient (Wildman–Crippen LogP) is 3.60. The Hall–Kier alpha value is -3.21. The van der Waals surface area contributed by atoms with E-state index in [0.29, 0.717) is 5.56 Å². The molecule has 0 radical (unpaired) electrons. The number of hydrogen-bond acceptors (Lipinski definition) is 4. The van der Waals surface area contributed by atoms with E-state index in [-0.39, 0.29) is 17.2 Å². The molecule has 0 aliphatic rings. The normalized spacial score (nSPS) is 10.7. The lowest BCUT2D eigenvalue weighted by Crippen LogP contribution is -2.20. The minimum Gasteiger partial charge on any atom is -0.493 e. The summed E-state index contributed by atoms with van der Waals surface area (Å²) in [6, 6.07) is 10.6. The van der Waals surface area contributed by atoms with Gasteiger partial charge in [0.1, 0.15) is 0 Å². The summed E-state index contributed by atoms with van der Waals surface area (Å²) >= 11 is 0. The van der Waals surface area contributed by atoms with Gasteiger partial charge in [-0.05, 0) is 30.3 Å². The number of amides is 1. The Bertz CT molecular complexity index is 814. The van der Waals surface area contributed by atoms with Gasteiger partial charge < -0.3 is 14.8 Å². The topological polar surface area (TPSA) is 71.3 Å². The molecule has 8 heteroatoms. The van der Waals surface area contributed by atoms with E-state index >= 15 is 0 Å². The van der Waals surface area contributed by atoms with Crippen molar-refractivity contribution in [3.8, 4) is 17.6 Å². The second kappa shape index (κ2) is 7.57. The minimum atomic E-state index is -4.49. The SMILES string of the molecule is COc1cc(C#N)ccc1OCC(=O)Nc1cccc(C(F)(F)F)c1. The molecule has 0 atom stereocenters. The molecule has 0 bridgehead atoms. The number of methoxy groups -OCH3 is 1. The number of carbonyl (C=O) groups excluding carboxylic acids is 1. The number of rotatable bonds is 5. The zero-order valence-electron chi connectivity index (χ0n) is 13.1. The molecule has 2 aromatic carbocycles. The maximum atomic E-state index is 12.6. The molecule has 0 saturated heterocycles. The van der Waals surface area contributed by atoms with Crippen LogP contribution < -0.4 is 14.8 Å². The lowest BCUT2D eigenvalue weighted by atomic mass is 10.2. The van der Waals surface area contributed by atoms with E-state index in [1.54, 1.807) is 0 Å². The van der Waals surface area contributed by atoms with E-state index in [1.165, 1.54) is 37.4 Å². The molecule has 0 unspecified atom stereocenters. The number of nitriles is 1. The fraction of sp³-hybridized carbons (Fsp3) is 0.176. The van der Waals surface area contributed by atoms with E-state index in [2.05, 4.69) is 5.32 Å². The number of alkyl halides is 3. The van der Waals surface area contributed by atoms with Crippen LogP contribution in [0, 0.1) is 11.3 Å². The van der Waals surface area contributed by atoms with Gasteiger partial charge in [-0.1, -0.05) is 6.07 Å². The molecule has 5 nitrogen and oxygen atoms in total. The van der Waals surface area contributed by atoms with E-state index in [1.807, 2.05) is 6.07 Å². The molecule has 2 aromatic rings. The number of hydrogen-bond donors (Lipinski definition) is 1. The average molecular weight is 350 g/mol. The fourth-order valence-corrected chi connectivity index (χ4v) is 1.97. The summed E-state index contributed by atoms with van der Waals surface area (Å²) in [5, 5.41) is 11.1. The number of benzene rings is 2. The van der Waals surface area contributed by atoms with Crippen LogP contribution in [0.5, 0.6) is 11.5 Å². The molecule has 1 amide bonds. The van der Waals surface area contributed by atoms with Crippen LogP contribution in [-0.2, 0) is 11.0 Å². The van der Waals surface area contributed by atoms with Crippen LogP contribution in [0.15, 0.2) is 42.5 Å². The maximum absolute atomic E-state index is 12.6. The number of ether oxygens (including phenoxy) is 2. The van der Waals surface area contributed by atoms with Crippen LogP contribution in [0.1, 0.15) is 11.1 Å². The number of halogens is 3. The molecule has 0 saturated carbocycles. The van der Waals surface area contributed by atoms with Crippen molar-refractivity contribution in [1.82, 2.24) is 0 Å². The van der Waals surface area contributed by atoms with Crippen molar-refractivity contribution in [1.29, 1.82) is 5.26 Å². The highest BCUT2D eigenvalue weighted by molar-refractivity contribution is 5.92. The number of nitrogens with zero attached hydrogens (tertiary/aromatic N) is 1. The molecule has 0 aromatic heterocycles. The molecule has 2 rings (SSSR count). The summed E-state index contributed by atoms with van der Waals surface area (Å²) in [7, 11) is 1.38. The largest absolute Gasteiger partial charge is 0.493 e. The van der Waals surface area contributed by atoms with Crippen LogP contribution in [0.3, 0.4) is 0 Å². The smallest absolute Gasteiger partial charge is 0.416 e. The monoisotopic (exact) mass is 350 g/mol. The molecule has 0 fully saturated rings. The first-order chi connectivity index (χ1) is 11.8. The van der Waals surface area contributed by atoms with Gasteiger partial charge in [0.25, 0.3) is 5.91 Å². The quantitative estimate of drug-likeness (QED) is 0.894. The third-order valence-electron chi connectivity index (χ3n) is 3.13. The highest BCUT2D eigenvalue weighted by atomic mass is 19.4. The first-order valence-corrected chi connectivity index (χ1v) is 7.01. The van der Waals surface area contributed by atoms with E-state index in [4.69, 9.17) is 14.7 Å². The summed E-state index contributed by atoms with van der Waals surface area (Å²) in [6.45, 7) is -0.432. The van der Waals surface area contributed by atoms with Crippen molar-refractivity contribution in [2.24, 2.45) is 0 Å². The average Bonchev–Trinajstić information content (AvgIpc) is 2.59. The third kappa shape index (κ3) is 4.88. The van der Waals surface area contributed by atoms with Crippen LogP contribution in [0.2, 0.25) is 0 Å². The van der Waals surface area contributed by atoms with Gasteiger partial charge in [0.2, 0.25) is 0 Å². The number of carbonyl (C=O) groups is 1. The molecule has 25 heavy (non-hydrogen) atoms. The first-order valence-electron chi connectivity index (χ1n) is 7.01. The van der Waals surface area contributed by atoms with Gasteiger partial charge in [-0.25, -0.2) is 0 Å². The van der Waals surface area contributed by atoms with Gasteiger partial charge in [0, 0.05) is 11.8 Å². The van der Waals surface area contributed by atoms with Crippen molar-refractivity contribution < 1.29 is 27.4 Å². The second-order valence-corrected chi connectivity index (χ2v) is 4.89. The standard InChI is InChI=1S/C17H13F3N2O3/c1-24-15-7-11(9-21)5-6-14(15)25-10-16(23)22-13-4-2-3-12(8-13)17(18,19)20/h2-8H,10H2,1H3,(H,22,23). The Morgan fingerprint density at radius 1 is 1.20 bits per heavy atom. The minimum absolute atomic E-state index is 0.00946. The Morgan fingerprint density at radius 3 is 2.60 bits per heavy atom. The lowest BCUT2D eigenvalue weighted by Gasteiger charge is -2.12. The molecule has 130 valence electrons. The fourth-order valence-electron chi connectivity index (χ4n) is 1.97. The maximum Gasteiger partial charge on any atom is 0.416 e. The Kier molecular flexibility index (Phi) is 5.49. The van der Waals surface area contributed by atoms with Crippen LogP contribution in [0.25, 0.3) is 0 Å². The van der Waals surface area contributed by atoms with Gasteiger partial charge in [0.05, 0.1) is 24.3 Å². The van der Waals surface area contributed by atoms with Crippen molar-refractivity contribution in [3.63, 3.8) is 0 Å². The van der Waals surface area contributed by atoms with Crippen LogP contribution in [0.4, 0.5) is 18.9 Å². The highest BCUT2D eigenvalue weighted by Gasteiger charge is 2.30. The number of anilines is 1. The lowest BCUT2D eigenvalue weighted by molar-refractivity contribution is -0.137. The number of nitrogens with one attached hydrogen (secondary N) is 1. The van der Waals surface area contributed by atoms with E-state index in [0.717, 1.165) is 12.1 Å². The molecule has 0 heterocycles. The van der Waals surface area contributed by atoms with Gasteiger partial charge in [0.15, 0.2) is 18.1 Å². The molecule has 0 aliphatic heterocycles. The second-order valence-electron chi connectivity index (χ2n) is 4.89. The Labute approximate surface area is 141 Å². The van der Waals surface area contributed by atoms with Crippen LogP contribution in [-0.4, -0.2) is 19.6 Å². The Balaban J connectivity index is 2.01. The predicted molar refractivity (Wildman–Crippen MR) is 83.3 cm³/mol. The molecule has 0 aliphatic carbocycles. The van der Waals surface area contributed by atoms with Gasteiger partial charge in [-0.2, -0.15) is 18.4 Å². The van der Waals surface area contributed by atoms with E-state index < -0.39 is 24.3 Å². The molecular formula is C17H13F3N2O3. The zero-order valence-corrected chi connectivity index (χ0v) is 13.1. The molecule has 0 spiro atoms. The third-order valence-corrected chi connectivity index (χ3v) is 3.13. The summed E-state index contributed by atoms with van der Waals surface area (Å²) < 4.78 is 48.3. The van der Waals surface area contributed by atoms with Crippen molar-refractivity contribution in [2.45, 2.75) is 6.18 Å². The summed E-state index contributed by atoms with van der Waals surface area (Å²) in [6.07, 6.45) is -4.49. The Morgan fingerprint density at radius 2 is 1.96 bits per heavy atom. The van der Waals surface area contributed by atoms with Gasteiger partial charge in [-0.15, -0.1) is 0 Å². The zero-order chi connectivity index (χ0) is 18.4. The molecule has 1 N–H and O–H groups in total. The van der Waals surface area contributed by atoms with Crippen LogP contribution >= 0.6 is 0 Å².